The summed E-state index contributed by atoms with van der Waals surface area (Å²) in [7, 11) is 1.66. The Morgan fingerprint density at radius 3 is 2.57 bits per heavy atom. The number of amides is 1. The monoisotopic (exact) mass is 402 g/mol. The molecular weight excluding hydrogens is 376 g/mol. The first kappa shape index (κ1) is 19.1. The van der Waals surface area contributed by atoms with Gasteiger partial charge in [0.15, 0.2) is 5.78 Å². The van der Waals surface area contributed by atoms with Crippen LogP contribution in [0, 0.1) is 0 Å². The Hall–Kier alpha value is -2.92. The zero-order chi connectivity index (χ0) is 20.7. The number of nitrogens with one attached hydrogen (secondary N) is 2. The summed E-state index contributed by atoms with van der Waals surface area (Å²) >= 11 is 0. The summed E-state index contributed by atoms with van der Waals surface area (Å²) in [5, 5.41) is 6.74. The molecule has 2 aliphatic heterocycles. The van der Waals surface area contributed by atoms with Crippen molar-refractivity contribution in [3.8, 4) is 5.75 Å². The minimum atomic E-state index is -0.0689. The van der Waals surface area contributed by atoms with E-state index in [1.807, 2.05) is 42.5 Å². The molecule has 154 valence electrons. The molecule has 5 nitrogen and oxygen atoms in total. The van der Waals surface area contributed by atoms with Crippen molar-refractivity contribution in [2.75, 3.05) is 12.4 Å². The zero-order valence-electron chi connectivity index (χ0n) is 17.2. The van der Waals surface area contributed by atoms with E-state index in [-0.39, 0.29) is 11.7 Å². The molecule has 2 atom stereocenters. The van der Waals surface area contributed by atoms with E-state index in [2.05, 4.69) is 10.6 Å². The maximum atomic E-state index is 13.4. The predicted octanol–water partition coefficient (Wildman–Crippen LogP) is 4.13. The number of ether oxygens (including phenoxy) is 1. The van der Waals surface area contributed by atoms with Gasteiger partial charge in [-0.05, 0) is 73.1 Å². The molecule has 0 aromatic heterocycles. The Labute approximate surface area is 176 Å². The molecule has 0 spiro atoms. The fourth-order valence-electron chi connectivity index (χ4n) is 5.00. The predicted molar refractivity (Wildman–Crippen MR) is 117 cm³/mol. The van der Waals surface area contributed by atoms with Crippen LogP contribution in [0.4, 0.5) is 5.69 Å². The molecule has 1 amide bonds. The minimum Gasteiger partial charge on any atom is -0.497 e. The van der Waals surface area contributed by atoms with Gasteiger partial charge in [-0.2, -0.15) is 0 Å². The number of fused-ring (bicyclic) bond motifs is 3. The molecular formula is C25H26N2O3. The lowest BCUT2D eigenvalue weighted by Crippen LogP contribution is -2.28. The van der Waals surface area contributed by atoms with Crippen molar-refractivity contribution in [2.24, 2.45) is 0 Å². The number of Topliss-reactive ketones (excluding diaryl/α,β-unsaturated/α-hetero) is 1. The van der Waals surface area contributed by atoms with Crippen LogP contribution in [0.25, 0.3) is 5.57 Å². The number of methoxy groups -OCH3 is 1. The Morgan fingerprint density at radius 2 is 1.80 bits per heavy atom. The second kappa shape index (κ2) is 7.73. The van der Waals surface area contributed by atoms with Gasteiger partial charge in [-0.3, -0.25) is 9.59 Å². The van der Waals surface area contributed by atoms with Crippen molar-refractivity contribution in [3.63, 3.8) is 0 Å². The molecule has 0 radical (unpaired) electrons. The van der Waals surface area contributed by atoms with Crippen LogP contribution in [0.3, 0.4) is 0 Å². The van der Waals surface area contributed by atoms with Crippen LogP contribution in [0.15, 0.2) is 48.0 Å². The number of ketones is 1. The second-order valence-corrected chi connectivity index (χ2v) is 8.48. The van der Waals surface area contributed by atoms with Crippen LogP contribution < -0.4 is 15.4 Å². The van der Waals surface area contributed by atoms with Crippen LogP contribution in [0.2, 0.25) is 0 Å². The van der Waals surface area contributed by atoms with Gasteiger partial charge in [-0.15, -0.1) is 0 Å². The lowest BCUT2D eigenvalue weighted by molar-refractivity contribution is -0.113. The van der Waals surface area contributed by atoms with Crippen molar-refractivity contribution in [1.82, 2.24) is 5.32 Å². The molecule has 1 fully saturated rings. The van der Waals surface area contributed by atoms with Gasteiger partial charge in [0.25, 0.3) is 5.91 Å². The van der Waals surface area contributed by atoms with Gasteiger partial charge in [0, 0.05) is 35.3 Å². The van der Waals surface area contributed by atoms with Gasteiger partial charge in [-0.25, -0.2) is 0 Å². The number of hydrogen-bond acceptors (Lipinski definition) is 4. The summed E-state index contributed by atoms with van der Waals surface area (Å²) in [5.41, 5.74) is 5.53. The summed E-state index contributed by atoms with van der Waals surface area (Å²) in [6.45, 7) is 0. The Kier molecular flexibility index (Phi) is 4.91. The molecule has 5 rings (SSSR count). The first-order valence-corrected chi connectivity index (χ1v) is 10.7. The van der Waals surface area contributed by atoms with Crippen LogP contribution >= 0.6 is 0 Å². The summed E-state index contributed by atoms with van der Waals surface area (Å²) < 4.78 is 5.29. The molecule has 2 aromatic carbocycles. The van der Waals surface area contributed by atoms with Gasteiger partial charge < -0.3 is 15.4 Å². The quantitative estimate of drug-likeness (QED) is 0.807. The number of carbonyl (C=O) groups excluding carboxylic acids is 2. The third-order valence-electron chi connectivity index (χ3n) is 6.60. The molecule has 0 saturated carbocycles. The van der Waals surface area contributed by atoms with Crippen molar-refractivity contribution >= 4 is 23.0 Å². The van der Waals surface area contributed by atoms with Gasteiger partial charge in [0.2, 0.25) is 0 Å². The van der Waals surface area contributed by atoms with Crippen molar-refractivity contribution < 1.29 is 14.3 Å². The molecule has 2 unspecified atom stereocenters. The van der Waals surface area contributed by atoms with Crippen LogP contribution in [0.1, 0.15) is 53.6 Å². The first-order valence-electron chi connectivity index (χ1n) is 10.7. The van der Waals surface area contributed by atoms with E-state index in [9.17, 15) is 9.59 Å². The van der Waals surface area contributed by atoms with Crippen molar-refractivity contribution in [2.45, 2.75) is 50.6 Å². The fraction of sp³-hybridized carbons (Fsp3) is 0.360. The number of anilines is 1. The van der Waals surface area contributed by atoms with Gasteiger partial charge in [0.05, 0.1) is 7.11 Å². The van der Waals surface area contributed by atoms with Gasteiger partial charge in [-0.1, -0.05) is 18.2 Å². The van der Waals surface area contributed by atoms with Crippen LogP contribution in [0.5, 0.6) is 5.75 Å². The smallest absolute Gasteiger partial charge is 0.251 e. The fourth-order valence-corrected chi connectivity index (χ4v) is 5.00. The van der Waals surface area contributed by atoms with E-state index in [4.69, 9.17) is 4.74 Å². The average molecular weight is 402 g/mol. The summed E-state index contributed by atoms with van der Waals surface area (Å²) in [4.78, 5) is 25.5. The van der Waals surface area contributed by atoms with Gasteiger partial charge >= 0.3 is 0 Å². The Bertz CT molecular complexity index is 1040. The maximum Gasteiger partial charge on any atom is 0.251 e. The highest BCUT2D eigenvalue weighted by Crippen LogP contribution is 2.36. The Morgan fingerprint density at radius 1 is 1.03 bits per heavy atom. The Balaban J connectivity index is 1.48. The molecule has 2 N–H and O–H groups in total. The minimum absolute atomic E-state index is 0.0689. The normalized spacial score (nSPS) is 22.6. The van der Waals surface area contributed by atoms with Crippen molar-refractivity contribution in [3.05, 3.63) is 64.7 Å². The highest BCUT2D eigenvalue weighted by Gasteiger charge is 2.33. The lowest BCUT2D eigenvalue weighted by atomic mass is 9.88. The SMILES string of the molecule is COc1ccc(C2=C(C(=O)Nc3ccc4c(c3)C(=O)CC4)CC3CCC(C2)N3)cc1. The van der Waals surface area contributed by atoms with Crippen molar-refractivity contribution in [1.29, 1.82) is 0 Å². The number of rotatable bonds is 4. The van der Waals surface area contributed by atoms with Gasteiger partial charge in [0.1, 0.15) is 5.75 Å². The molecule has 3 aliphatic rings. The van der Waals surface area contributed by atoms with Crippen LogP contribution in [-0.4, -0.2) is 30.9 Å². The van der Waals surface area contributed by atoms with E-state index in [0.29, 0.717) is 30.6 Å². The summed E-state index contributed by atoms with van der Waals surface area (Å²) in [6.07, 6.45) is 5.16. The molecule has 2 aromatic rings. The summed E-state index contributed by atoms with van der Waals surface area (Å²) in [5.74, 6) is 0.900. The number of carbonyl (C=O) groups is 2. The number of hydrogen-bond donors (Lipinski definition) is 2. The van der Waals surface area contributed by atoms with E-state index < -0.39 is 0 Å². The highest BCUT2D eigenvalue weighted by atomic mass is 16.5. The molecule has 5 heteroatoms. The first-order chi connectivity index (χ1) is 14.6. The van der Waals surface area contributed by atoms with E-state index in [1.54, 1.807) is 7.11 Å². The molecule has 2 bridgehead atoms. The molecule has 30 heavy (non-hydrogen) atoms. The highest BCUT2D eigenvalue weighted by molar-refractivity contribution is 6.10. The maximum absolute atomic E-state index is 13.4. The standard InChI is InChI=1S/C25H26N2O3/c1-30-20-9-3-15(4-10-20)21-12-17-7-8-18(26-17)14-23(21)25(29)27-19-6-2-16-5-11-24(28)22(16)13-19/h2-4,6,9-10,13,17-18,26H,5,7-8,11-12,14H2,1H3,(H,27,29). The van der Waals surface area contributed by atoms with E-state index in [1.165, 1.54) is 0 Å². The summed E-state index contributed by atoms with van der Waals surface area (Å²) in [6, 6.07) is 14.4. The lowest BCUT2D eigenvalue weighted by Gasteiger charge is -2.18. The number of benzene rings is 2. The van der Waals surface area contributed by atoms with E-state index in [0.717, 1.165) is 59.3 Å². The third kappa shape index (κ3) is 3.54. The number of aryl methyl sites for hydroxylation is 1. The average Bonchev–Trinajstić information content (AvgIpc) is 3.30. The zero-order valence-corrected chi connectivity index (χ0v) is 17.2. The van der Waals surface area contributed by atoms with Crippen LogP contribution in [-0.2, 0) is 11.2 Å². The topological polar surface area (TPSA) is 67.4 Å². The third-order valence-corrected chi connectivity index (χ3v) is 6.60. The molecule has 1 saturated heterocycles. The van der Waals surface area contributed by atoms with E-state index >= 15 is 0 Å². The molecule has 2 heterocycles. The molecule has 1 aliphatic carbocycles. The second-order valence-electron chi connectivity index (χ2n) is 8.48. The largest absolute Gasteiger partial charge is 0.497 e.